The second kappa shape index (κ2) is 7.79. The Kier molecular flexibility index (Phi) is 5.47. The monoisotopic (exact) mass is 371 g/mol. The second-order valence-corrected chi connectivity index (χ2v) is 7.08. The highest BCUT2D eigenvalue weighted by Crippen LogP contribution is 2.24. The van der Waals surface area contributed by atoms with Crippen LogP contribution in [0.3, 0.4) is 0 Å². The number of amides is 2. The van der Waals surface area contributed by atoms with Crippen LogP contribution in [0.2, 0.25) is 5.02 Å². The van der Waals surface area contributed by atoms with Crippen LogP contribution >= 0.6 is 11.6 Å². The van der Waals surface area contributed by atoms with Crippen molar-refractivity contribution in [2.45, 2.75) is 19.8 Å². The maximum absolute atomic E-state index is 12.5. The molecule has 136 valence electrons. The third-order valence-corrected chi connectivity index (χ3v) is 5.00. The van der Waals surface area contributed by atoms with Crippen LogP contribution in [0.15, 0.2) is 42.5 Å². The van der Waals surface area contributed by atoms with Gasteiger partial charge in [-0.1, -0.05) is 17.7 Å². The molecular formula is C20H22ClN3O2. The molecule has 6 heteroatoms. The predicted molar refractivity (Wildman–Crippen MR) is 105 cm³/mol. The molecule has 3 rings (SSSR count). The lowest BCUT2D eigenvalue weighted by Gasteiger charge is -2.33. The number of anilines is 2. The highest BCUT2D eigenvalue weighted by Gasteiger charge is 2.24. The number of carbonyl (C=O) groups is 2. The number of carbonyl (C=O) groups excluding carboxylic acids is 2. The van der Waals surface area contributed by atoms with Crippen LogP contribution < -0.4 is 16.0 Å². The fourth-order valence-corrected chi connectivity index (χ4v) is 3.36. The summed E-state index contributed by atoms with van der Waals surface area (Å²) >= 11 is 6.00. The third-order valence-electron chi connectivity index (χ3n) is 4.77. The van der Waals surface area contributed by atoms with E-state index in [1.165, 1.54) is 0 Å². The van der Waals surface area contributed by atoms with Gasteiger partial charge in [0.1, 0.15) is 0 Å². The van der Waals surface area contributed by atoms with Gasteiger partial charge in [0, 0.05) is 35.1 Å². The van der Waals surface area contributed by atoms with Crippen molar-refractivity contribution in [2.24, 2.45) is 11.7 Å². The van der Waals surface area contributed by atoms with Crippen LogP contribution in [-0.2, 0) is 4.79 Å². The maximum atomic E-state index is 12.5. The standard InChI is InChI=1S/C20H22ClN3O2/c1-13-4-7-16(21)11-18(13)23-20(26)14-5-8-17(9-6-14)24-10-2-3-15(12-24)19(22)25/h4-9,11,15H,2-3,10,12H2,1H3,(H2,22,25)(H,23,26)/t15-/m1/s1. The van der Waals surface area contributed by atoms with Gasteiger partial charge in [0.05, 0.1) is 5.92 Å². The maximum Gasteiger partial charge on any atom is 0.255 e. The Labute approximate surface area is 158 Å². The van der Waals surface area contributed by atoms with E-state index in [0.717, 1.165) is 30.6 Å². The van der Waals surface area contributed by atoms with Gasteiger partial charge in [-0.25, -0.2) is 0 Å². The molecule has 0 spiro atoms. The van der Waals surface area contributed by atoms with Crippen molar-refractivity contribution in [3.8, 4) is 0 Å². The molecule has 2 aromatic rings. The Morgan fingerprint density at radius 3 is 2.62 bits per heavy atom. The van der Waals surface area contributed by atoms with E-state index < -0.39 is 0 Å². The number of nitrogens with one attached hydrogen (secondary N) is 1. The summed E-state index contributed by atoms with van der Waals surface area (Å²) in [5.74, 6) is -0.546. The molecule has 5 nitrogen and oxygen atoms in total. The molecule has 1 saturated heterocycles. The lowest BCUT2D eigenvalue weighted by molar-refractivity contribution is -0.122. The normalized spacial score (nSPS) is 17.0. The number of nitrogens with zero attached hydrogens (tertiary/aromatic N) is 1. The first-order valence-electron chi connectivity index (χ1n) is 8.66. The van der Waals surface area contributed by atoms with E-state index in [1.807, 2.05) is 25.1 Å². The quantitative estimate of drug-likeness (QED) is 0.862. The summed E-state index contributed by atoms with van der Waals surface area (Å²) in [4.78, 5) is 26.1. The van der Waals surface area contributed by atoms with Gasteiger partial charge in [0.2, 0.25) is 5.91 Å². The smallest absolute Gasteiger partial charge is 0.255 e. The van der Waals surface area contributed by atoms with Gasteiger partial charge in [-0.05, 0) is 61.7 Å². The molecule has 0 aromatic heterocycles. The lowest BCUT2D eigenvalue weighted by Crippen LogP contribution is -2.41. The van der Waals surface area contributed by atoms with Crippen LogP contribution in [0.25, 0.3) is 0 Å². The van der Waals surface area contributed by atoms with Gasteiger partial charge >= 0.3 is 0 Å². The summed E-state index contributed by atoms with van der Waals surface area (Å²) in [6, 6.07) is 12.8. The average molecular weight is 372 g/mol. The van der Waals surface area contributed by atoms with E-state index in [9.17, 15) is 9.59 Å². The number of hydrogen-bond acceptors (Lipinski definition) is 3. The fraction of sp³-hybridized carbons (Fsp3) is 0.300. The van der Waals surface area contributed by atoms with Crippen molar-refractivity contribution in [1.29, 1.82) is 0 Å². The van der Waals surface area contributed by atoms with E-state index in [1.54, 1.807) is 24.3 Å². The molecule has 3 N–H and O–H groups in total. The van der Waals surface area contributed by atoms with Crippen molar-refractivity contribution in [3.05, 3.63) is 58.6 Å². The van der Waals surface area contributed by atoms with Gasteiger partial charge in [-0.2, -0.15) is 0 Å². The highest BCUT2D eigenvalue weighted by molar-refractivity contribution is 6.31. The van der Waals surface area contributed by atoms with Crippen LogP contribution in [0.5, 0.6) is 0 Å². The number of primary amides is 1. The number of rotatable bonds is 4. The van der Waals surface area contributed by atoms with Crippen molar-refractivity contribution >= 4 is 34.8 Å². The molecule has 1 fully saturated rings. The first-order valence-corrected chi connectivity index (χ1v) is 9.03. The number of aryl methyl sites for hydroxylation is 1. The number of benzene rings is 2. The topological polar surface area (TPSA) is 75.4 Å². The molecular weight excluding hydrogens is 350 g/mol. The Hall–Kier alpha value is -2.53. The van der Waals surface area contributed by atoms with Crippen LogP contribution in [-0.4, -0.2) is 24.9 Å². The number of hydrogen-bond donors (Lipinski definition) is 2. The van der Waals surface area contributed by atoms with E-state index in [-0.39, 0.29) is 17.7 Å². The minimum atomic E-state index is -0.248. The Morgan fingerprint density at radius 2 is 1.92 bits per heavy atom. The van der Waals surface area contributed by atoms with Gasteiger partial charge in [0.15, 0.2) is 0 Å². The Balaban J connectivity index is 1.70. The molecule has 0 unspecified atom stereocenters. The van der Waals surface area contributed by atoms with E-state index in [4.69, 9.17) is 17.3 Å². The molecule has 1 atom stereocenters. The van der Waals surface area contributed by atoms with Crippen molar-refractivity contribution in [3.63, 3.8) is 0 Å². The minimum absolute atomic E-state index is 0.113. The second-order valence-electron chi connectivity index (χ2n) is 6.65. The van der Waals surface area contributed by atoms with E-state index in [0.29, 0.717) is 22.8 Å². The zero-order valence-corrected chi connectivity index (χ0v) is 15.4. The first-order chi connectivity index (χ1) is 12.4. The molecule has 2 aromatic carbocycles. The molecule has 1 aliphatic rings. The molecule has 1 aliphatic heterocycles. The first kappa shape index (κ1) is 18.3. The minimum Gasteiger partial charge on any atom is -0.371 e. The van der Waals surface area contributed by atoms with Crippen molar-refractivity contribution in [1.82, 2.24) is 0 Å². The largest absolute Gasteiger partial charge is 0.371 e. The highest BCUT2D eigenvalue weighted by atomic mass is 35.5. The Bertz CT molecular complexity index is 820. The summed E-state index contributed by atoms with van der Waals surface area (Å²) in [6.07, 6.45) is 1.77. The predicted octanol–water partition coefficient (Wildman–Crippen LogP) is 3.60. The summed E-state index contributed by atoms with van der Waals surface area (Å²) in [6.45, 7) is 3.43. The van der Waals surface area contributed by atoms with Crippen LogP contribution in [0.1, 0.15) is 28.8 Å². The average Bonchev–Trinajstić information content (AvgIpc) is 2.65. The third kappa shape index (κ3) is 4.17. The number of piperidine rings is 1. The van der Waals surface area contributed by atoms with E-state index in [2.05, 4.69) is 10.2 Å². The summed E-state index contributed by atoms with van der Waals surface area (Å²) in [5.41, 5.74) is 8.65. The number of nitrogens with two attached hydrogens (primary N) is 1. The zero-order chi connectivity index (χ0) is 18.7. The fourth-order valence-electron chi connectivity index (χ4n) is 3.19. The Morgan fingerprint density at radius 1 is 1.19 bits per heavy atom. The molecule has 1 heterocycles. The van der Waals surface area contributed by atoms with Crippen LogP contribution in [0.4, 0.5) is 11.4 Å². The molecule has 0 radical (unpaired) electrons. The molecule has 0 aliphatic carbocycles. The molecule has 0 saturated carbocycles. The van der Waals surface area contributed by atoms with Crippen LogP contribution in [0, 0.1) is 12.8 Å². The zero-order valence-electron chi connectivity index (χ0n) is 14.7. The van der Waals surface area contributed by atoms with Gasteiger partial charge in [-0.15, -0.1) is 0 Å². The summed E-state index contributed by atoms with van der Waals surface area (Å²) < 4.78 is 0. The SMILES string of the molecule is Cc1ccc(Cl)cc1NC(=O)c1ccc(N2CCC[C@@H](C(N)=O)C2)cc1. The molecule has 0 bridgehead atoms. The van der Waals surface area contributed by atoms with Gasteiger partial charge < -0.3 is 16.0 Å². The van der Waals surface area contributed by atoms with Crippen molar-refractivity contribution < 1.29 is 9.59 Å². The summed E-state index contributed by atoms with van der Waals surface area (Å²) in [7, 11) is 0. The van der Waals surface area contributed by atoms with Gasteiger partial charge in [-0.3, -0.25) is 9.59 Å². The van der Waals surface area contributed by atoms with Crippen molar-refractivity contribution in [2.75, 3.05) is 23.3 Å². The number of halogens is 1. The summed E-state index contributed by atoms with van der Waals surface area (Å²) in [5, 5.41) is 3.47. The van der Waals surface area contributed by atoms with Gasteiger partial charge in [0.25, 0.3) is 5.91 Å². The lowest BCUT2D eigenvalue weighted by atomic mass is 9.97. The van der Waals surface area contributed by atoms with E-state index >= 15 is 0 Å². The molecule has 26 heavy (non-hydrogen) atoms. The molecule has 2 amide bonds.